The fourth-order valence-corrected chi connectivity index (χ4v) is 5.17. The van der Waals surface area contributed by atoms with Gasteiger partial charge in [0.15, 0.2) is 0 Å². The average molecular weight is 462 g/mol. The molecule has 7 nitrogen and oxygen atoms in total. The second-order valence-corrected chi connectivity index (χ2v) is 9.44. The van der Waals surface area contributed by atoms with Crippen molar-refractivity contribution in [3.63, 3.8) is 0 Å². The number of rotatable bonds is 8. The maximum Gasteiger partial charge on any atom is 0.255 e. The largest absolute Gasteiger partial charge is 0.489 e. The van der Waals surface area contributed by atoms with E-state index in [9.17, 15) is 14.4 Å². The van der Waals surface area contributed by atoms with Crippen LogP contribution < -0.4 is 10.1 Å². The number of hydrogen-bond donors (Lipinski definition) is 1. The van der Waals surface area contributed by atoms with E-state index in [2.05, 4.69) is 34.5 Å². The van der Waals surface area contributed by atoms with Gasteiger partial charge in [-0.15, -0.1) is 0 Å². The lowest BCUT2D eigenvalue weighted by molar-refractivity contribution is -0.136. The number of aryl methyl sites for hydroxylation is 1. The van der Waals surface area contributed by atoms with Gasteiger partial charge in [0.1, 0.15) is 18.4 Å². The number of likely N-dealkylation sites (tertiary alicyclic amines) is 1. The van der Waals surface area contributed by atoms with Crippen LogP contribution in [-0.4, -0.2) is 53.2 Å². The predicted molar refractivity (Wildman–Crippen MR) is 127 cm³/mol. The summed E-state index contributed by atoms with van der Waals surface area (Å²) in [5.41, 5.74) is 3.78. The minimum atomic E-state index is -0.622. The number of piperidine rings is 1. The summed E-state index contributed by atoms with van der Waals surface area (Å²) in [6, 6.07) is 13.4. The van der Waals surface area contributed by atoms with E-state index in [1.807, 2.05) is 12.1 Å². The average Bonchev–Trinajstić information content (AvgIpc) is 3.47. The molecule has 3 aliphatic rings. The Balaban J connectivity index is 1.18. The molecule has 1 N–H and O–H groups in total. The summed E-state index contributed by atoms with van der Waals surface area (Å²) in [6.07, 6.45) is 5.54. The Kier molecular flexibility index (Phi) is 6.63. The summed E-state index contributed by atoms with van der Waals surface area (Å²) < 4.78 is 6.11. The van der Waals surface area contributed by atoms with Gasteiger partial charge in [-0.05, 0) is 75.0 Å². The fourth-order valence-electron chi connectivity index (χ4n) is 5.17. The van der Waals surface area contributed by atoms with Gasteiger partial charge in [0, 0.05) is 17.5 Å². The molecular formula is C27H31N3O4. The number of imide groups is 1. The first-order valence-electron chi connectivity index (χ1n) is 12.3. The van der Waals surface area contributed by atoms with Crippen molar-refractivity contribution in [2.75, 3.05) is 19.6 Å². The highest BCUT2D eigenvalue weighted by Crippen LogP contribution is 2.34. The zero-order chi connectivity index (χ0) is 23.5. The Morgan fingerprint density at radius 3 is 2.50 bits per heavy atom. The fraction of sp³-hybridized carbons (Fsp3) is 0.444. The van der Waals surface area contributed by atoms with Crippen molar-refractivity contribution in [1.29, 1.82) is 0 Å². The van der Waals surface area contributed by atoms with Crippen molar-refractivity contribution in [3.8, 4) is 5.75 Å². The molecule has 5 rings (SSSR count). The van der Waals surface area contributed by atoms with E-state index in [1.54, 1.807) is 11.0 Å². The maximum atomic E-state index is 13.0. The molecule has 34 heavy (non-hydrogen) atoms. The van der Waals surface area contributed by atoms with Crippen LogP contribution in [-0.2, 0) is 29.2 Å². The van der Waals surface area contributed by atoms with E-state index >= 15 is 0 Å². The molecule has 0 spiro atoms. The zero-order valence-electron chi connectivity index (χ0n) is 19.4. The second kappa shape index (κ2) is 9.97. The lowest BCUT2D eigenvalue weighted by Gasteiger charge is -2.29. The summed E-state index contributed by atoms with van der Waals surface area (Å²) in [4.78, 5) is 40.8. The van der Waals surface area contributed by atoms with Gasteiger partial charge in [-0.2, -0.15) is 0 Å². The van der Waals surface area contributed by atoms with Gasteiger partial charge in [-0.1, -0.05) is 30.3 Å². The zero-order valence-corrected chi connectivity index (χ0v) is 19.4. The number of carbonyl (C=O) groups excluding carboxylic acids is 3. The quantitative estimate of drug-likeness (QED) is 0.612. The summed E-state index contributed by atoms with van der Waals surface area (Å²) in [7, 11) is 0. The molecule has 0 saturated carbocycles. The number of benzene rings is 2. The SMILES string of the molecule is O=C1CCC(N2Cc3c(OCc4ccc(CCCN5CCCC5)cc4)cccc3C2=O)C(=O)N1. The Bertz CT molecular complexity index is 1080. The summed E-state index contributed by atoms with van der Waals surface area (Å²) in [5, 5.41) is 2.34. The molecule has 2 fully saturated rings. The highest BCUT2D eigenvalue weighted by molar-refractivity contribution is 6.05. The highest BCUT2D eigenvalue weighted by atomic mass is 16.5. The lowest BCUT2D eigenvalue weighted by Crippen LogP contribution is -2.52. The van der Waals surface area contributed by atoms with Gasteiger partial charge >= 0.3 is 0 Å². The number of fused-ring (bicyclic) bond motifs is 1. The van der Waals surface area contributed by atoms with E-state index in [0.29, 0.717) is 30.9 Å². The normalized spacial score (nSPS) is 20.5. The van der Waals surface area contributed by atoms with E-state index in [4.69, 9.17) is 4.74 Å². The van der Waals surface area contributed by atoms with Crippen molar-refractivity contribution in [2.45, 2.75) is 57.7 Å². The first-order chi connectivity index (χ1) is 16.6. The number of nitrogens with one attached hydrogen (secondary N) is 1. The van der Waals surface area contributed by atoms with Gasteiger partial charge in [-0.25, -0.2) is 0 Å². The molecule has 0 bridgehead atoms. The van der Waals surface area contributed by atoms with Gasteiger partial charge in [0.05, 0.1) is 6.54 Å². The van der Waals surface area contributed by atoms with Gasteiger partial charge < -0.3 is 14.5 Å². The molecule has 0 aliphatic carbocycles. The Morgan fingerprint density at radius 2 is 1.74 bits per heavy atom. The highest BCUT2D eigenvalue weighted by Gasteiger charge is 2.40. The molecule has 1 unspecified atom stereocenters. The molecule has 3 heterocycles. The van der Waals surface area contributed by atoms with Crippen LogP contribution in [0.25, 0.3) is 0 Å². The number of ether oxygens (including phenoxy) is 1. The van der Waals surface area contributed by atoms with Crippen molar-refractivity contribution >= 4 is 17.7 Å². The maximum absolute atomic E-state index is 13.0. The standard InChI is InChI=1S/C27H31N3O4/c31-25-13-12-23(26(32)28-25)30-17-22-21(27(30)33)6-3-7-24(22)34-18-20-10-8-19(9-11-20)5-4-16-29-14-1-2-15-29/h3,6-11,23H,1-2,4-5,12-18H2,(H,28,31,32). The smallest absolute Gasteiger partial charge is 0.255 e. The molecule has 0 aromatic heterocycles. The molecule has 1 atom stereocenters. The van der Waals surface area contributed by atoms with Crippen LogP contribution in [0.2, 0.25) is 0 Å². The lowest BCUT2D eigenvalue weighted by atomic mass is 10.0. The predicted octanol–water partition coefficient (Wildman–Crippen LogP) is 3.06. The third kappa shape index (κ3) is 4.85. The molecule has 3 aliphatic heterocycles. The van der Waals surface area contributed by atoms with Gasteiger partial charge in [-0.3, -0.25) is 19.7 Å². The topological polar surface area (TPSA) is 79.0 Å². The van der Waals surface area contributed by atoms with E-state index < -0.39 is 11.9 Å². The van der Waals surface area contributed by atoms with Crippen molar-refractivity contribution in [1.82, 2.24) is 15.1 Å². The van der Waals surface area contributed by atoms with Gasteiger partial charge in [0.2, 0.25) is 11.8 Å². The van der Waals surface area contributed by atoms with Crippen LogP contribution in [0, 0.1) is 0 Å². The monoisotopic (exact) mass is 461 g/mol. The van der Waals surface area contributed by atoms with Crippen LogP contribution in [0.15, 0.2) is 42.5 Å². The Labute approximate surface area is 200 Å². The van der Waals surface area contributed by atoms with Crippen LogP contribution in [0.1, 0.15) is 59.2 Å². The molecule has 178 valence electrons. The summed E-state index contributed by atoms with van der Waals surface area (Å²) in [6.45, 7) is 4.40. The molecule has 2 aromatic rings. The second-order valence-electron chi connectivity index (χ2n) is 9.44. The molecule has 3 amide bonds. The molecule has 0 radical (unpaired) electrons. The number of amides is 3. The first-order valence-corrected chi connectivity index (χ1v) is 12.3. The molecule has 7 heteroatoms. The van der Waals surface area contributed by atoms with E-state index in [-0.39, 0.29) is 18.2 Å². The number of nitrogens with zero attached hydrogens (tertiary/aromatic N) is 2. The number of carbonyl (C=O) groups is 3. The van der Waals surface area contributed by atoms with Crippen LogP contribution in [0.4, 0.5) is 0 Å². The molecule has 2 saturated heterocycles. The Hall–Kier alpha value is -3.19. The van der Waals surface area contributed by atoms with Gasteiger partial charge in [0.25, 0.3) is 5.91 Å². The molecular weight excluding hydrogens is 430 g/mol. The van der Waals surface area contributed by atoms with Crippen LogP contribution in [0.5, 0.6) is 5.75 Å². The summed E-state index contributed by atoms with van der Waals surface area (Å²) in [5.74, 6) is -0.212. The van der Waals surface area contributed by atoms with E-state index in [0.717, 1.165) is 17.5 Å². The first kappa shape index (κ1) is 22.6. The third-order valence-electron chi connectivity index (χ3n) is 7.09. The number of hydrogen-bond acceptors (Lipinski definition) is 5. The van der Waals surface area contributed by atoms with E-state index in [1.165, 1.54) is 44.5 Å². The minimum Gasteiger partial charge on any atom is -0.489 e. The van der Waals surface area contributed by atoms with Crippen LogP contribution in [0.3, 0.4) is 0 Å². The molecule has 2 aromatic carbocycles. The van der Waals surface area contributed by atoms with Crippen molar-refractivity contribution < 1.29 is 19.1 Å². The summed E-state index contributed by atoms with van der Waals surface area (Å²) >= 11 is 0. The van der Waals surface area contributed by atoms with Crippen molar-refractivity contribution in [3.05, 3.63) is 64.7 Å². The van der Waals surface area contributed by atoms with Crippen LogP contribution >= 0.6 is 0 Å². The van der Waals surface area contributed by atoms with Crippen molar-refractivity contribution in [2.24, 2.45) is 0 Å². The third-order valence-corrected chi connectivity index (χ3v) is 7.09. The minimum absolute atomic E-state index is 0.187. The Morgan fingerprint density at radius 1 is 0.971 bits per heavy atom.